The Bertz CT molecular complexity index is 4970. The van der Waals surface area contributed by atoms with E-state index in [2.05, 4.69) is 29.6 Å². The molecule has 4 heterocycles. The van der Waals surface area contributed by atoms with Crippen molar-refractivity contribution in [2.24, 2.45) is 20.0 Å². The Labute approximate surface area is 719 Å². The van der Waals surface area contributed by atoms with E-state index >= 15 is 0 Å². The molecule has 0 saturated carbocycles. The molecule has 0 aliphatic carbocycles. The fraction of sp³-hybridized carbons (Fsp3) is 0.394. The van der Waals surface area contributed by atoms with E-state index in [1.165, 1.54) is 76.2 Å². The van der Waals surface area contributed by atoms with E-state index in [0.717, 1.165) is 12.5 Å². The maximum Gasteiger partial charge on any atom is 1.00 e. The first-order chi connectivity index (χ1) is 54.9. The smallest absolute Gasteiger partial charge is 0.747 e. The molecule has 118 heavy (non-hydrogen) atoms. The van der Waals surface area contributed by atoms with Crippen LogP contribution < -0.4 is 59.1 Å². The number of aryl methyl sites for hydroxylation is 2. The van der Waals surface area contributed by atoms with Crippen molar-refractivity contribution in [2.45, 2.75) is 152 Å². The predicted molar refractivity (Wildman–Crippen MR) is 396 cm³/mol. The van der Waals surface area contributed by atoms with E-state index in [9.17, 15) is 124 Å². The van der Waals surface area contributed by atoms with Crippen LogP contribution in [-0.2, 0) is 112 Å². The molecule has 8 rings (SSSR count). The van der Waals surface area contributed by atoms with E-state index < -0.39 is 134 Å². The number of nitrogens with zero attached hydrogens (tertiary/aromatic N) is 16. The second-order valence-electron chi connectivity index (χ2n) is 24.0. The van der Waals surface area contributed by atoms with E-state index in [1.54, 1.807) is 36.2 Å². The summed E-state index contributed by atoms with van der Waals surface area (Å²) < 4.78 is 65.7. The van der Waals surface area contributed by atoms with Crippen LogP contribution in [0.1, 0.15) is 149 Å². The number of rotatable bonds is 39. The van der Waals surface area contributed by atoms with Gasteiger partial charge in [-0.15, -0.1) is 15.2 Å². The Morgan fingerprint density at radius 3 is 1.18 bits per heavy atom. The average molecular weight is 1730 g/mol. The van der Waals surface area contributed by atoms with Crippen LogP contribution in [0.5, 0.6) is 0 Å². The van der Waals surface area contributed by atoms with Crippen molar-refractivity contribution in [1.82, 2.24) is 20.3 Å². The van der Waals surface area contributed by atoms with Gasteiger partial charge in [0.1, 0.15) is 37.3 Å². The van der Waals surface area contributed by atoms with Gasteiger partial charge in [0.2, 0.25) is 0 Å². The van der Waals surface area contributed by atoms with Crippen LogP contribution >= 0.6 is 21.6 Å². The molecule has 4 aromatic carbocycles. The number of benzene rings is 4. The van der Waals surface area contributed by atoms with Gasteiger partial charge in [0.15, 0.2) is 5.78 Å². The molecule has 46 nitrogen and oxygen atoms in total. The molecule has 0 spiro atoms. The van der Waals surface area contributed by atoms with Gasteiger partial charge in [-0.2, -0.15) is 29.1 Å². The Balaban J connectivity index is 0.000000410. The standard InChI is InChI=1S/C18H17N4O10S3.C18H19N4O9S.C18H19N4O6.C12H9N4O5.2Na/c19-10-20-11-3-4-13(22(27)28)12(8-11)14(23)2-1-6-33-34-7-5-17(25)32-21-16(24)9-15(18(21)26)35(29,30)31;19-11-20-13-8-7-12(14(9-13)22(26)27)5-3-1-2-4-6-17(24)31-21-16(23)10-15(18(21)25)32(28,29)30;19-12-20-14-8-7-13(15(11-14)22(26)27)5-3-1-2-4-6-18(25)28-21-16(23)9-10-17(21)24;13-7-14-9-1-2-10(16(19)20)8(5-9)6-21-15-11(17)3-4-12(15)18;;/h3-4,8,15H,1-2,5-7,9H2,(H,29,30,31);7-9,15H,1-6,10H2,(H,28,29,30);7-8,11H,1-6,9-10H2;1-2,5H,3-4,6H2;;/q4*-1;2*+1/p-2. The summed E-state index contributed by atoms with van der Waals surface area (Å²) in [6.45, 7) is -0.345. The molecular formula is C66H62N16Na2O30S4-4. The zero-order valence-electron chi connectivity index (χ0n) is 62.1. The second-order valence-corrected chi connectivity index (χ2v) is 29.8. The fourth-order valence-electron chi connectivity index (χ4n) is 10.4. The number of nitro groups is 4. The van der Waals surface area contributed by atoms with Crippen LogP contribution in [0, 0.1) is 40.5 Å². The van der Waals surface area contributed by atoms with Crippen molar-refractivity contribution in [2.75, 3.05) is 11.5 Å². The first kappa shape index (κ1) is 101. The predicted octanol–water partition coefficient (Wildman–Crippen LogP) is 2.06. The van der Waals surface area contributed by atoms with Crippen LogP contribution in [0.25, 0.3) is 21.6 Å². The molecule has 0 bridgehead atoms. The SMILES string of the molecule is [N-]=C=Nc1ccc(CCCCCCC(=O)ON2C(=O)CC(S(=O)(=O)[O-])C2=O)c([N+](=O)[O-])c1.[N-]=C=Nc1ccc(CCCCCCC(=O)ON2C(=O)CCC2=O)c([N+](=O)[O-])c1.[N-]=C=Nc1ccc([N+](=O)[O-])c(C(=O)CCCSSCCC(=O)ON2C(=O)CC(S(=O)(=O)[O-])C2=O)c1.[N-]=C=Nc1ccc([N+](=O)[O-])c(CON2C(=O)CCC2=O)c1.[Na+].[Na+]. The Morgan fingerprint density at radius 2 is 0.780 bits per heavy atom. The number of aliphatic imine (C=N–C) groups is 4. The third-order valence-electron chi connectivity index (χ3n) is 16.0. The number of hydrogen-bond donors (Lipinski definition) is 0. The van der Waals surface area contributed by atoms with Crippen LogP contribution in [0.15, 0.2) is 92.8 Å². The van der Waals surface area contributed by atoms with Gasteiger partial charge >= 0.3 is 77.0 Å². The van der Waals surface area contributed by atoms with E-state index in [1.807, 2.05) is 0 Å². The molecule has 4 saturated heterocycles. The molecule has 4 aliphatic heterocycles. The summed E-state index contributed by atoms with van der Waals surface area (Å²) in [6.07, 6.45) is 4.17. The Kier molecular flexibility index (Phi) is 42.9. The van der Waals surface area contributed by atoms with Gasteiger partial charge in [-0.3, -0.25) is 88.4 Å². The Hall–Kier alpha value is -10.9. The molecule has 2 atom stereocenters. The molecule has 4 aromatic rings. The third kappa shape index (κ3) is 32.2. The largest absolute Gasteiger partial charge is 1.00 e. The molecule has 4 fully saturated rings. The fourth-order valence-corrected chi connectivity index (χ4v) is 13.9. The van der Waals surface area contributed by atoms with Gasteiger partial charge in [-0.25, -0.2) is 31.2 Å². The number of hydroxylamine groups is 8. The summed E-state index contributed by atoms with van der Waals surface area (Å²) in [5.41, 5.74) is 0.959. The molecule has 4 aliphatic rings. The summed E-state index contributed by atoms with van der Waals surface area (Å²) in [6, 6.07) is 22.3. The summed E-state index contributed by atoms with van der Waals surface area (Å²) in [5.74, 6) is -9.33. The van der Waals surface area contributed by atoms with Gasteiger partial charge < -0.3 is 65.2 Å². The third-order valence-corrected chi connectivity index (χ3v) is 20.6. The summed E-state index contributed by atoms with van der Waals surface area (Å²) >= 11 is 0. The molecule has 52 heteroatoms. The van der Waals surface area contributed by atoms with Crippen LogP contribution in [0.2, 0.25) is 0 Å². The summed E-state index contributed by atoms with van der Waals surface area (Å²) in [4.78, 5) is 215. The maximum atomic E-state index is 12.4. The zero-order valence-corrected chi connectivity index (χ0v) is 69.4. The monoisotopic (exact) mass is 1730 g/mol. The molecule has 0 radical (unpaired) electrons. The first-order valence-corrected chi connectivity index (χ1v) is 39.2. The molecule has 616 valence electrons. The second kappa shape index (κ2) is 50.0. The normalized spacial score (nSPS) is 14.7. The number of Topliss-reactive ketones (excluding diaryl/α,β-unsaturated/α-hetero) is 1. The first-order valence-electron chi connectivity index (χ1n) is 33.8. The minimum absolute atomic E-state index is 0. The number of carbonyl (C=O) groups is 12. The number of unbranched alkanes of at least 4 members (excludes halogenated alkanes) is 6. The van der Waals surface area contributed by atoms with Gasteiger partial charge in [0, 0.05) is 91.8 Å². The van der Waals surface area contributed by atoms with Gasteiger partial charge in [0.05, 0.1) is 50.1 Å². The molecule has 8 amide bonds. The number of ketones is 1. The summed E-state index contributed by atoms with van der Waals surface area (Å²) in [5, 5.41) is 75.5. The average Bonchev–Trinajstić information content (AvgIpc) is 1.67. The number of hydrogen-bond acceptors (Lipinski definition) is 36. The Morgan fingerprint density at radius 1 is 0.424 bits per heavy atom. The van der Waals surface area contributed by atoms with Gasteiger partial charge in [-0.05, 0) is 79.8 Å². The number of amides is 8. The minimum atomic E-state index is -5.05. The molecule has 2 unspecified atom stereocenters. The summed E-state index contributed by atoms with van der Waals surface area (Å²) in [7, 11) is -7.57. The topological polar surface area (TPSA) is 680 Å². The molecule has 0 N–H and O–H groups in total. The minimum Gasteiger partial charge on any atom is -0.747 e. The molecular weight excluding hydrogens is 1670 g/mol. The van der Waals surface area contributed by atoms with Crippen molar-refractivity contribution in [1.29, 1.82) is 0 Å². The van der Waals surface area contributed by atoms with Crippen molar-refractivity contribution in [3.8, 4) is 0 Å². The number of nitro benzene ring substituents is 4. The van der Waals surface area contributed by atoms with Crippen LogP contribution in [-0.4, -0.2) is 183 Å². The van der Waals surface area contributed by atoms with Crippen molar-refractivity contribution >= 4 is 182 Å². The van der Waals surface area contributed by atoms with E-state index in [-0.39, 0.29) is 190 Å². The van der Waals surface area contributed by atoms with E-state index in [0.29, 0.717) is 91.2 Å². The molecule has 0 aromatic heterocycles. The zero-order chi connectivity index (χ0) is 86.0. The van der Waals surface area contributed by atoms with Gasteiger partial charge in [-0.1, -0.05) is 83.7 Å². The quantitative estimate of drug-likeness (QED) is 0.00710. The van der Waals surface area contributed by atoms with Crippen molar-refractivity contribution < 1.29 is 182 Å². The number of carbonyl (C=O) groups excluding carboxylic acids is 12. The van der Waals surface area contributed by atoms with Crippen LogP contribution in [0.4, 0.5) is 45.5 Å². The van der Waals surface area contributed by atoms with Gasteiger partial charge in [0.25, 0.3) is 70.0 Å². The number of imide groups is 4. The maximum absolute atomic E-state index is 12.4. The van der Waals surface area contributed by atoms with Crippen LogP contribution in [0.3, 0.4) is 0 Å². The van der Waals surface area contributed by atoms with E-state index in [4.69, 9.17) is 31.3 Å². The van der Waals surface area contributed by atoms with Crippen molar-refractivity contribution in [3.05, 3.63) is 157 Å². The van der Waals surface area contributed by atoms with Crippen molar-refractivity contribution in [3.63, 3.8) is 0 Å².